The van der Waals surface area contributed by atoms with Gasteiger partial charge >= 0.3 is 0 Å². The van der Waals surface area contributed by atoms with Crippen LogP contribution in [-0.4, -0.2) is 14.2 Å². The van der Waals surface area contributed by atoms with Crippen LogP contribution in [0.4, 0.5) is 0 Å². The predicted molar refractivity (Wildman–Crippen MR) is 73.3 cm³/mol. The minimum absolute atomic E-state index is 0.607. The second-order valence-electron chi connectivity index (χ2n) is 1.94. The molecule has 0 radical (unpaired) electrons. The zero-order valence-corrected chi connectivity index (χ0v) is 11.5. The summed E-state index contributed by atoms with van der Waals surface area (Å²) >= 11 is 0. The van der Waals surface area contributed by atoms with Gasteiger partial charge in [0.15, 0.2) is 11.5 Å². The smallest absolute Gasteiger partial charge is 0.160 e. The fraction of sp³-hybridized carbons (Fsp3) is 0.429. The van der Waals surface area contributed by atoms with Gasteiger partial charge in [-0.05, 0) is 12.2 Å². The van der Waals surface area contributed by atoms with Gasteiger partial charge in [-0.25, -0.2) is 0 Å². The molecule has 0 saturated carbocycles. The average molecular weight is 226 g/mol. The molecule has 2 nitrogen and oxygen atoms in total. The molecule has 0 bridgehead atoms. The Kier molecular flexibility index (Phi) is 24.0. The van der Waals surface area contributed by atoms with Crippen LogP contribution in [0, 0.1) is 0 Å². The maximum Gasteiger partial charge on any atom is 0.160 e. The van der Waals surface area contributed by atoms with E-state index in [2.05, 4.69) is 13.2 Å². The van der Waals surface area contributed by atoms with E-state index in [-0.39, 0.29) is 0 Å². The Morgan fingerprint density at radius 3 is 1.56 bits per heavy atom. The van der Waals surface area contributed by atoms with E-state index in [0.717, 1.165) is 0 Å². The van der Waals surface area contributed by atoms with Crippen molar-refractivity contribution in [2.24, 2.45) is 0 Å². The first kappa shape index (κ1) is 20.0. The van der Waals surface area contributed by atoms with Gasteiger partial charge in [-0.1, -0.05) is 53.0 Å². The minimum Gasteiger partial charge on any atom is -0.493 e. The topological polar surface area (TPSA) is 18.5 Å². The molecule has 0 fully saturated rings. The van der Waals surface area contributed by atoms with Gasteiger partial charge in [0.2, 0.25) is 0 Å². The van der Waals surface area contributed by atoms with Gasteiger partial charge in [-0.2, -0.15) is 0 Å². The molecule has 0 unspecified atom stereocenters. The molecule has 0 atom stereocenters. The molecule has 0 aliphatic rings. The highest BCUT2D eigenvalue weighted by Crippen LogP contribution is 2.08. The van der Waals surface area contributed by atoms with E-state index in [1.807, 2.05) is 27.7 Å². The molecule has 0 aliphatic heterocycles. The molecule has 0 N–H and O–H groups in total. The Labute approximate surface area is 101 Å². The molecule has 0 aliphatic carbocycles. The molecule has 16 heavy (non-hydrogen) atoms. The van der Waals surface area contributed by atoms with Crippen LogP contribution in [-0.2, 0) is 9.47 Å². The summed E-state index contributed by atoms with van der Waals surface area (Å²) in [6.45, 7) is 15.1. The number of hydrogen-bond donors (Lipinski definition) is 0. The Morgan fingerprint density at radius 2 is 1.31 bits per heavy atom. The van der Waals surface area contributed by atoms with Gasteiger partial charge in [-0.3, -0.25) is 0 Å². The predicted octanol–water partition coefficient (Wildman–Crippen LogP) is 4.47. The minimum atomic E-state index is 0.607. The zero-order chi connectivity index (χ0) is 13.4. The van der Waals surface area contributed by atoms with Crippen LogP contribution < -0.4 is 0 Å². The molecule has 0 rings (SSSR count). The lowest BCUT2D eigenvalue weighted by Crippen LogP contribution is -1.91. The van der Waals surface area contributed by atoms with Crippen molar-refractivity contribution in [3.8, 4) is 0 Å². The fourth-order valence-electron chi connectivity index (χ4n) is 0.691. The van der Waals surface area contributed by atoms with Crippen molar-refractivity contribution in [3.05, 3.63) is 49.0 Å². The van der Waals surface area contributed by atoms with Gasteiger partial charge in [-0.15, -0.1) is 0 Å². The third-order valence-electron chi connectivity index (χ3n) is 1.25. The van der Waals surface area contributed by atoms with Crippen LogP contribution in [0.1, 0.15) is 27.7 Å². The standard InChI is InChI=1S/C10H14O2.2C2H6/c1-5-7-8-10(12-4)9(6-2)11-3;2*1-2/h5-8H,1-2H2,3-4H3;2*1-2H3/b8-7-,10-9-;;. The summed E-state index contributed by atoms with van der Waals surface area (Å²) < 4.78 is 10.0. The highest BCUT2D eigenvalue weighted by Gasteiger charge is 1.98. The number of allylic oxidation sites excluding steroid dienone is 4. The van der Waals surface area contributed by atoms with Gasteiger partial charge in [0, 0.05) is 0 Å². The normalized spacial score (nSPS) is 9.88. The third kappa shape index (κ3) is 10.6. The van der Waals surface area contributed by atoms with E-state index in [0.29, 0.717) is 11.5 Å². The lowest BCUT2D eigenvalue weighted by molar-refractivity contribution is 0.242. The van der Waals surface area contributed by atoms with E-state index in [1.165, 1.54) is 0 Å². The molecular weight excluding hydrogens is 200 g/mol. The summed E-state index contributed by atoms with van der Waals surface area (Å²) in [5.41, 5.74) is 0. The number of methoxy groups -OCH3 is 2. The summed E-state index contributed by atoms with van der Waals surface area (Å²) in [6, 6.07) is 0. The van der Waals surface area contributed by atoms with Crippen molar-refractivity contribution in [2.75, 3.05) is 14.2 Å². The van der Waals surface area contributed by atoms with E-state index in [4.69, 9.17) is 9.47 Å². The van der Waals surface area contributed by atoms with Crippen LogP contribution >= 0.6 is 0 Å². The van der Waals surface area contributed by atoms with Gasteiger partial charge in [0.1, 0.15) is 0 Å². The summed E-state index contributed by atoms with van der Waals surface area (Å²) in [6.07, 6.45) is 6.77. The van der Waals surface area contributed by atoms with E-state index in [9.17, 15) is 0 Å². The molecule has 0 aromatic rings. The second-order valence-corrected chi connectivity index (χ2v) is 1.94. The van der Waals surface area contributed by atoms with Crippen molar-refractivity contribution in [3.63, 3.8) is 0 Å². The Balaban J connectivity index is -0.000000376. The van der Waals surface area contributed by atoms with E-state index in [1.54, 1.807) is 38.5 Å². The van der Waals surface area contributed by atoms with Crippen molar-refractivity contribution < 1.29 is 9.47 Å². The van der Waals surface area contributed by atoms with Crippen LogP contribution in [0.15, 0.2) is 49.0 Å². The molecule has 0 aromatic carbocycles. The highest BCUT2D eigenvalue weighted by molar-refractivity contribution is 5.24. The number of hydrogen-bond acceptors (Lipinski definition) is 2. The lowest BCUT2D eigenvalue weighted by atomic mass is 10.3. The monoisotopic (exact) mass is 226 g/mol. The molecule has 2 heteroatoms. The summed E-state index contributed by atoms with van der Waals surface area (Å²) in [5.74, 6) is 1.24. The van der Waals surface area contributed by atoms with E-state index < -0.39 is 0 Å². The summed E-state index contributed by atoms with van der Waals surface area (Å²) in [5, 5.41) is 0. The van der Waals surface area contributed by atoms with Crippen molar-refractivity contribution in [2.45, 2.75) is 27.7 Å². The number of ether oxygens (including phenoxy) is 2. The van der Waals surface area contributed by atoms with Crippen molar-refractivity contribution in [1.82, 2.24) is 0 Å². The van der Waals surface area contributed by atoms with Crippen LogP contribution in [0.3, 0.4) is 0 Å². The van der Waals surface area contributed by atoms with Crippen LogP contribution in [0.5, 0.6) is 0 Å². The molecule has 0 saturated heterocycles. The third-order valence-corrected chi connectivity index (χ3v) is 1.25. The quantitative estimate of drug-likeness (QED) is 0.508. The zero-order valence-electron chi connectivity index (χ0n) is 11.5. The Bertz CT molecular complexity index is 213. The SMILES string of the molecule is C=C/C=C\C(OC)=C(/C=C)OC.CC.CC. The molecule has 0 aromatic heterocycles. The molecule has 0 spiro atoms. The first-order valence-electron chi connectivity index (χ1n) is 5.54. The first-order chi connectivity index (χ1) is 7.79. The molecular formula is C14H26O2. The molecule has 0 heterocycles. The lowest BCUT2D eigenvalue weighted by Gasteiger charge is -2.05. The highest BCUT2D eigenvalue weighted by atomic mass is 16.5. The first-order valence-corrected chi connectivity index (χ1v) is 5.54. The number of rotatable bonds is 5. The summed E-state index contributed by atoms with van der Waals surface area (Å²) in [7, 11) is 3.14. The molecule has 0 amide bonds. The maximum absolute atomic E-state index is 5.05. The van der Waals surface area contributed by atoms with Crippen molar-refractivity contribution in [1.29, 1.82) is 0 Å². The maximum atomic E-state index is 5.05. The molecule has 94 valence electrons. The van der Waals surface area contributed by atoms with Crippen LogP contribution in [0.25, 0.3) is 0 Å². The second kappa shape index (κ2) is 19.2. The van der Waals surface area contributed by atoms with Crippen molar-refractivity contribution >= 4 is 0 Å². The van der Waals surface area contributed by atoms with Gasteiger partial charge < -0.3 is 9.47 Å². The van der Waals surface area contributed by atoms with Gasteiger partial charge in [0.05, 0.1) is 14.2 Å². The largest absolute Gasteiger partial charge is 0.493 e. The van der Waals surface area contributed by atoms with E-state index >= 15 is 0 Å². The fourth-order valence-corrected chi connectivity index (χ4v) is 0.691. The average Bonchev–Trinajstić information content (AvgIpc) is 2.39. The Morgan fingerprint density at radius 1 is 0.875 bits per heavy atom. The van der Waals surface area contributed by atoms with Gasteiger partial charge in [0.25, 0.3) is 0 Å². The summed E-state index contributed by atoms with van der Waals surface area (Å²) in [4.78, 5) is 0. The van der Waals surface area contributed by atoms with Crippen LogP contribution in [0.2, 0.25) is 0 Å². The Hall–Kier alpha value is -1.44.